The lowest BCUT2D eigenvalue weighted by Gasteiger charge is -2.00. The van der Waals surface area contributed by atoms with Crippen LogP contribution in [0.4, 0.5) is 5.95 Å². The Bertz CT molecular complexity index is 550. The number of anilines is 1. The maximum Gasteiger partial charge on any atom is 0.280 e. The summed E-state index contributed by atoms with van der Waals surface area (Å²) < 4.78 is 0. The molecule has 0 radical (unpaired) electrons. The number of nitrogens with one attached hydrogen (secondary N) is 2. The fraction of sp³-hybridized carbons (Fsp3) is 0.143. The first kappa shape index (κ1) is 9.19. The average molecular weight is 206 g/mol. The molecule has 2 aromatic rings. The molecular formula is C7H6N6O2. The number of hydrogen-bond acceptors (Lipinski definition) is 7. The summed E-state index contributed by atoms with van der Waals surface area (Å²) in [6.45, 7) is -0.172. The van der Waals surface area contributed by atoms with Gasteiger partial charge in [0.2, 0.25) is 5.95 Å². The van der Waals surface area contributed by atoms with E-state index in [1.807, 2.05) is 0 Å². The predicted octanol–water partition coefficient (Wildman–Crippen LogP) is -0.151. The summed E-state index contributed by atoms with van der Waals surface area (Å²) in [5.74, 6) is 0.146. The Balaban J connectivity index is 2.52. The number of fused-ring (bicyclic) bond motifs is 1. The summed E-state index contributed by atoms with van der Waals surface area (Å²) in [5, 5.41) is 5.10. The van der Waals surface area contributed by atoms with Crippen LogP contribution in [0.25, 0.3) is 11.2 Å². The molecule has 0 aliphatic carbocycles. The van der Waals surface area contributed by atoms with Gasteiger partial charge in [-0.15, -0.1) is 4.91 Å². The smallest absolute Gasteiger partial charge is 0.280 e. The van der Waals surface area contributed by atoms with Crippen molar-refractivity contribution in [2.45, 2.75) is 0 Å². The first-order valence-electron chi connectivity index (χ1n) is 4.05. The first-order chi connectivity index (χ1) is 7.31. The van der Waals surface area contributed by atoms with Crippen LogP contribution in [-0.4, -0.2) is 26.6 Å². The van der Waals surface area contributed by atoms with Crippen molar-refractivity contribution in [1.29, 1.82) is 0 Å². The molecule has 8 nitrogen and oxygen atoms in total. The molecule has 2 rings (SSSR count). The van der Waals surface area contributed by atoms with Gasteiger partial charge in [0.25, 0.3) is 5.56 Å². The molecule has 0 aliphatic rings. The van der Waals surface area contributed by atoms with E-state index in [-0.39, 0.29) is 23.8 Å². The Morgan fingerprint density at radius 2 is 2.20 bits per heavy atom. The van der Waals surface area contributed by atoms with Gasteiger partial charge < -0.3 is 5.32 Å². The van der Waals surface area contributed by atoms with Crippen LogP contribution < -0.4 is 10.9 Å². The summed E-state index contributed by atoms with van der Waals surface area (Å²) in [4.78, 5) is 35.3. The van der Waals surface area contributed by atoms with Crippen molar-refractivity contribution in [2.75, 3.05) is 12.0 Å². The molecule has 2 N–H and O–H groups in total. The molecule has 0 atom stereocenters. The van der Waals surface area contributed by atoms with Crippen molar-refractivity contribution in [3.05, 3.63) is 27.7 Å². The number of H-pyrrole nitrogens is 1. The van der Waals surface area contributed by atoms with Crippen LogP contribution in [0.1, 0.15) is 0 Å². The van der Waals surface area contributed by atoms with Crippen molar-refractivity contribution in [3.63, 3.8) is 0 Å². The zero-order valence-electron chi connectivity index (χ0n) is 7.47. The van der Waals surface area contributed by atoms with Crippen LogP contribution >= 0.6 is 0 Å². The Morgan fingerprint density at radius 1 is 1.40 bits per heavy atom. The molecule has 0 spiro atoms. The minimum Gasteiger partial charge on any atom is -0.333 e. The lowest BCUT2D eigenvalue weighted by atomic mass is 10.5. The van der Waals surface area contributed by atoms with Gasteiger partial charge in [-0.1, -0.05) is 0 Å². The topological polar surface area (TPSA) is 113 Å². The summed E-state index contributed by atoms with van der Waals surface area (Å²) in [7, 11) is 0. The maximum atomic E-state index is 11.4. The molecule has 0 saturated heterocycles. The Hall–Kier alpha value is -2.38. The van der Waals surface area contributed by atoms with Crippen LogP contribution in [-0.2, 0) is 0 Å². The number of rotatable bonds is 3. The van der Waals surface area contributed by atoms with E-state index in [9.17, 15) is 9.70 Å². The molecule has 0 amide bonds. The molecule has 0 unspecified atom stereocenters. The van der Waals surface area contributed by atoms with Gasteiger partial charge in [-0.25, -0.2) is 9.97 Å². The molecule has 8 heteroatoms. The van der Waals surface area contributed by atoms with Crippen LogP contribution in [0.5, 0.6) is 0 Å². The molecule has 0 aliphatic heterocycles. The van der Waals surface area contributed by atoms with Crippen molar-refractivity contribution >= 4 is 17.1 Å². The van der Waals surface area contributed by atoms with E-state index in [2.05, 4.69) is 30.4 Å². The largest absolute Gasteiger partial charge is 0.333 e. The number of nitroso groups, excluding NO2 is 1. The summed E-state index contributed by atoms with van der Waals surface area (Å²) in [6.07, 6.45) is 2.83. The van der Waals surface area contributed by atoms with Gasteiger partial charge in [0.1, 0.15) is 0 Å². The molecule has 15 heavy (non-hydrogen) atoms. The van der Waals surface area contributed by atoms with E-state index in [4.69, 9.17) is 0 Å². The normalized spacial score (nSPS) is 10.1. The maximum absolute atomic E-state index is 11.4. The zero-order chi connectivity index (χ0) is 10.7. The van der Waals surface area contributed by atoms with Crippen molar-refractivity contribution in [2.24, 2.45) is 5.18 Å². The second-order valence-electron chi connectivity index (χ2n) is 2.61. The van der Waals surface area contributed by atoms with Gasteiger partial charge >= 0.3 is 0 Å². The predicted molar refractivity (Wildman–Crippen MR) is 52.2 cm³/mol. The third kappa shape index (κ3) is 1.77. The minimum absolute atomic E-state index is 0.146. The Labute approximate surface area is 82.8 Å². The van der Waals surface area contributed by atoms with Gasteiger partial charge in [-0.3, -0.25) is 9.78 Å². The molecule has 76 valence electrons. The van der Waals surface area contributed by atoms with Crippen molar-refractivity contribution in [1.82, 2.24) is 19.9 Å². The average Bonchev–Trinajstić information content (AvgIpc) is 2.26. The molecule has 0 saturated carbocycles. The summed E-state index contributed by atoms with van der Waals surface area (Å²) >= 11 is 0. The molecular weight excluding hydrogens is 200 g/mol. The monoisotopic (exact) mass is 206 g/mol. The minimum atomic E-state index is -0.415. The third-order valence-electron chi connectivity index (χ3n) is 1.65. The molecule has 0 bridgehead atoms. The van der Waals surface area contributed by atoms with E-state index >= 15 is 0 Å². The lowest BCUT2D eigenvalue weighted by Crippen LogP contribution is -2.14. The van der Waals surface area contributed by atoms with Crippen LogP contribution in [0.15, 0.2) is 22.4 Å². The highest BCUT2D eigenvalue weighted by atomic mass is 16.3. The van der Waals surface area contributed by atoms with Gasteiger partial charge in [0, 0.05) is 12.4 Å². The van der Waals surface area contributed by atoms with Gasteiger partial charge in [0.15, 0.2) is 17.8 Å². The van der Waals surface area contributed by atoms with E-state index in [1.54, 1.807) is 0 Å². The second kappa shape index (κ2) is 3.78. The molecule has 2 heterocycles. The van der Waals surface area contributed by atoms with Crippen LogP contribution in [0.2, 0.25) is 0 Å². The van der Waals surface area contributed by atoms with E-state index in [0.29, 0.717) is 0 Å². The molecule has 2 aromatic heterocycles. The summed E-state index contributed by atoms with van der Waals surface area (Å²) in [5.41, 5.74) is -0.0433. The Morgan fingerprint density at radius 3 is 3.00 bits per heavy atom. The highest BCUT2D eigenvalue weighted by Crippen LogP contribution is 2.01. The van der Waals surface area contributed by atoms with Gasteiger partial charge in [-0.05, 0) is 5.18 Å². The van der Waals surface area contributed by atoms with Gasteiger partial charge in [0.05, 0.1) is 0 Å². The number of aromatic nitrogens is 4. The SMILES string of the molecule is O=NCNc1nc2nccnc2c(=O)[nH]1. The third-order valence-corrected chi connectivity index (χ3v) is 1.65. The quantitative estimate of drug-likeness (QED) is 0.675. The highest BCUT2D eigenvalue weighted by Gasteiger charge is 2.04. The second-order valence-corrected chi connectivity index (χ2v) is 2.61. The fourth-order valence-corrected chi connectivity index (χ4v) is 1.06. The van der Waals surface area contributed by atoms with Gasteiger partial charge in [-0.2, -0.15) is 4.98 Å². The van der Waals surface area contributed by atoms with Crippen LogP contribution in [0.3, 0.4) is 0 Å². The lowest BCUT2D eigenvalue weighted by molar-refractivity contribution is 1.03. The zero-order valence-corrected chi connectivity index (χ0v) is 7.47. The number of nitrogens with zero attached hydrogens (tertiary/aromatic N) is 4. The fourth-order valence-electron chi connectivity index (χ4n) is 1.06. The van der Waals surface area contributed by atoms with Crippen molar-refractivity contribution < 1.29 is 0 Å². The molecule has 0 fully saturated rings. The highest BCUT2D eigenvalue weighted by molar-refractivity contribution is 5.68. The van der Waals surface area contributed by atoms with E-state index < -0.39 is 5.56 Å². The van der Waals surface area contributed by atoms with Crippen LogP contribution in [0, 0.1) is 4.91 Å². The molecule has 0 aromatic carbocycles. The Kier molecular flexibility index (Phi) is 2.31. The van der Waals surface area contributed by atoms with Crippen molar-refractivity contribution in [3.8, 4) is 0 Å². The first-order valence-corrected chi connectivity index (χ1v) is 4.05. The standard InChI is InChI=1S/C7H6N6O2/c14-6-4-5(9-2-1-8-4)12-7(13-6)10-3-11-15/h1-2H,3H2,(H2,9,10,12,13,14). The number of aromatic amines is 1. The van der Waals surface area contributed by atoms with E-state index in [1.165, 1.54) is 12.4 Å². The number of hydrogen-bond donors (Lipinski definition) is 2. The van der Waals surface area contributed by atoms with E-state index in [0.717, 1.165) is 0 Å². The summed E-state index contributed by atoms with van der Waals surface area (Å²) in [6, 6.07) is 0.